The van der Waals surface area contributed by atoms with Crippen LogP contribution in [0, 0.1) is 11.5 Å². The van der Waals surface area contributed by atoms with Gasteiger partial charge in [0.2, 0.25) is 5.96 Å². The SMILES string of the molecule is COc1ccccc1C(=O)CCC1(c2ccccc2)CCC(N2CCN=C2NC#N)CC1. The second kappa shape index (κ2) is 9.86. The third-order valence-corrected chi connectivity index (χ3v) is 7.02. The van der Waals surface area contributed by atoms with E-state index in [2.05, 4.69) is 39.5 Å². The first kappa shape index (κ1) is 21.9. The molecule has 2 aromatic carbocycles. The molecule has 0 atom stereocenters. The second-order valence-electron chi connectivity index (χ2n) is 8.64. The Kier molecular flexibility index (Phi) is 6.75. The van der Waals surface area contributed by atoms with Gasteiger partial charge in [-0.15, -0.1) is 0 Å². The van der Waals surface area contributed by atoms with E-state index in [1.54, 1.807) is 7.11 Å². The molecule has 4 rings (SSSR count). The van der Waals surface area contributed by atoms with Crippen LogP contribution in [0.25, 0.3) is 0 Å². The Morgan fingerprint density at radius 3 is 2.62 bits per heavy atom. The molecule has 1 saturated carbocycles. The van der Waals surface area contributed by atoms with E-state index in [0.717, 1.165) is 45.2 Å². The van der Waals surface area contributed by atoms with Crippen molar-refractivity contribution in [2.24, 2.45) is 4.99 Å². The van der Waals surface area contributed by atoms with E-state index in [4.69, 9.17) is 10.00 Å². The minimum Gasteiger partial charge on any atom is -0.496 e. The lowest BCUT2D eigenvalue weighted by molar-refractivity contribution is 0.0952. The highest BCUT2D eigenvalue weighted by Gasteiger charge is 2.39. The fourth-order valence-electron chi connectivity index (χ4n) is 5.28. The summed E-state index contributed by atoms with van der Waals surface area (Å²) in [6.07, 6.45) is 7.38. The average Bonchev–Trinajstić information content (AvgIpc) is 3.32. The van der Waals surface area contributed by atoms with Crippen molar-refractivity contribution in [1.29, 1.82) is 5.26 Å². The number of nitrogens with zero attached hydrogens (tertiary/aromatic N) is 3. The van der Waals surface area contributed by atoms with E-state index in [0.29, 0.717) is 29.7 Å². The zero-order chi connectivity index (χ0) is 22.4. The van der Waals surface area contributed by atoms with Crippen LogP contribution in [0.3, 0.4) is 0 Å². The van der Waals surface area contributed by atoms with Crippen LogP contribution >= 0.6 is 0 Å². The van der Waals surface area contributed by atoms with Crippen molar-refractivity contribution in [1.82, 2.24) is 10.2 Å². The second-order valence-corrected chi connectivity index (χ2v) is 8.64. The highest BCUT2D eigenvalue weighted by molar-refractivity contribution is 5.98. The number of Topliss-reactive ketones (excluding diaryl/α,β-unsaturated/α-hetero) is 1. The zero-order valence-corrected chi connectivity index (χ0v) is 18.6. The summed E-state index contributed by atoms with van der Waals surface area (Å²) in [6.45, 7) is 1.59. The summed E-state index contributed by atoms with van der Waals surface area (Å²) >= 11 is 0. The largest absolute Gasteiger partial charge is 0.496 e. The maximum atomic E-state index is 13.1. The van der Waals surface area contributed by atoms with Gasteiger partial charge >= 0.3 is 0 Å². The Balaban J connectivity index is 1.49. The molecule has 1 aliphatic heterocycles. The Morgan fingerprint density at radius 1 is 1.19 bits per heavy atom. The van der Waals surface area contributed by atoms with Crippen molar-refractivity contribution in [2.45, 2.75) is 50.0 Å². The molecule has 0 aromatic heterocycles. The first-order valence-corrected chi connectivity index (χ1v) is 11.3. The maximum absolute atomic E-state index is 13.1. The molecule has 6 heteroatoms. The van der Waals surface area contributed by atoms with Crippen molar-refractivity contribution >= 4 is 11.7 Å². The molecule has 6 nitrogen and oxygen atoms in total. The van der Waals surface area contributed by atoms with Crippen molar-refractivity contribution in [3.05, 3.63) is 65.7 Å². The lowest BCUT2D eigenvalue weighted by Gasteiger charge is -2.43. The predicted octanol–water partition coefficient (Wildman–Crippen LogP) is 4.28. The Hall–Kier alpha value is -3.33. The minimum atomic E-state index is -0.0187. The first-order valence-electron chi connectivity index (χ1n) is 11.3. The number of para-hydroxylation sites is 1. The van der Waals surface area contributed by atoms with Crippen LogP contribution in [0.4, 0.5) is 0 Å². The van der Waals surface area contributed by atoms with Gasteiger partial charge in [0.1, 0.15) is 5.75 Å². The number of guanidine groups is 1. The van der Waals surface area contributed by atoms with Gasteiger partial charge in [0.05, 0.1) is 19.2 Å². The van der Waals surface area contributed by atoms with Gasteiger partial charge in [-0.2, -0.15) is 5.26 Å². The van der Waals surface area contributed by atoms with Gasteiger partial charge < -0.3 is 9.64 Å². The van der Waals surface area contributed by atoms with Crippen molar-refractivity contribution in [3.8, 4) is 11.9 Å². The first-order chi connectivity index (χ1) is 15.7. The molecule has 2 aliphatic rings. The van der Waals surface area contributed by atoms with E-state index in [1.807, 2.05) is 36.5 Å². The fraction of sp³-hybridized carbons (Fsp3) is 0.423. The van der Waals surface area contributed by atoms with Crippen molar-refractivity contribution in [2.75, 3.05) is 20.2 Å². The molecule has 1 N–H and O–H groups in total. The number of ketones is 1. The number of hydrogen-bond acceptors (Lipinski definition) is 6. The topological polar surface area (TPSA) is 77.7 Å². The summed E-state index contributed by atoms with van der Waals surface area (Å²) in [5, 5.41) is 11.8. The Morgan fingerprint density at radius 2 is 1.91 bits per heavy atom. The van der Waals surface area contributed by atoms with Crippen molar-refractivity contribution < 1.29 is 9.53 Å². The molecule has 1 fully saturated rings. The number of nitriles is 1. The van der Waals surface area contributed by atoms with Crippen LogP contribution < -0.4 is 10.1 Å². The summed E-state index contributed by atoms with van der Waals surface area (Å²) in [7, 11) is 1.61. The van der Waals surface area contributed by atoms with Gasteiger partial charge in [-0.05, 0) is 55.2 Å². The molecule has 1 aliphatic carbocycles. The monoisotopic (exact) mass is 430 g/mol. The normalized spacial score (nSPS) is 22.7. The van der Waals surface area contributed by atoms with E-state index in [1.165, 1.54) is 5.56 Å². The van der Waals surface area contributed by atoms with Crippen molar-refractivity contribution in [3.63, 3.8) is 0 Å². The molecule has 0 amide bonds. The number of nitrogens with one attached hydrogen (secondary N) is 1. The van der Waals surface area contributed by atoms with Gasteiger partial charge in [0.15, 0.2) is 12.0 Å². The number of methoxy groups -OCH3 is 1. The molecule has 1 heterocycles. The summed E-state index contributed by atoms with van der Waals surface area (Å²) < 4.78 is 5.40. The van der Waals surface area contributed by atoms with E-state index < -0.39 is 0 Å². The van der Waals surface area contributed by atoms with E-state index in [9.17, 15) is 4.79 Å². The maximum Gasteiger partial charge on any atom is 0.207 e. The molecule has 0 unspecified atom stereocenters. The Bertz CT molecular complexity index is 1000. The van der Waals surface area contributed by atoms with Crippen LogP contribution in [-0.2, 0) is 5.41 Å². The van der Waals surface area contributed by atoms with Crippen LogP contribution in [0.15, 0.2) is 59.6 Å². The highest BCUT2D eigenvalue weighted by atomic mass is 16.5. The van der Waals surface area contributed by atoms with Crippen LogP contribution in [-0.4, -0.2) is 42.9 Å². The van der Waals surface area contributed by atoms with Gasteiger partial charge in [-0.25, -0.2) is 0 Å². The molecule has 0 radical (unpaired) electrons. The van der Waals surface area contributed by atoms with Crippen LogP contribution in [0.2, 0.25) is 0 Å². The third kappa shape index (κ3) is 4.47. The Labute approximate surface area is 189 Å². The smallest absolute Gasteiger partial charge is 0.207 e. The zero-order valence-electron chi connectivity index (χ0n) is 18.6. The highest BCUT2D eigenvalue weighted by Crippen LogP contribution is 2.44. The molecule has 0 bridgehead atoms. The number of carbonyl (C=O) groups excluding carboxylic acids is 1. The van der Waals surface area contributed by atoms with Gasteiger partial charge in [-0.1, -0.05) is 42.5 Å². The van der Waals surface area contributed by atoms with Crippen LogP contribution in [0.5, 0.6) is 5.75 Å². The number of hydrogen-bond donors (Lipinski definition) is 1. The lowest BCUT2D eigenvalue weighted by Crippen LogP contribution is -2.47. The van der Waals surface area contributed by atoms with E-state index in [-0.39, 0.29) is 11.2 Å². The molecular weight excluding hydrogens is 400 g/mol. The minimum absolute atomic E-state index is 0.0187. The summed E-state index contributed by atoms with van der Waals surface area (Å²) in [5.41, 5.74) is 1.96. The summed E-state index contributed by atoms with van der Waals surface area (Å²) in [6, 6.07) is 18.5. The lowest BCUT2D eigenvalue weighted by atomic mass is 9.65. The number of ether oxygens (including phenoxy) is 1. The van der Waals surface area contributed by atoms with Gasteiger partial charge in [0, 0.05) is 19.0 Å². The summed E-state index contributed by atoms with van der Waals surface area (Å²) in [4.78, 5) is 19.8. The van der Waals surface area contributed by atoms with Crippen LogP contribution in [0.1, 0.15) is 54.4 Å². The van der Waals surface area contributed by atoms with Gasteiger partial charge in [-0.3, -0.25) is 15.1 Å². The number of carbonyl (C=O) groups is 1. The molecule has 2 aromatic rings. The fourth-order valence-corrected chi connectivity index (χ4v) is 5.28. The molecule has 0 saturated heterocycles. The number of rotatable bonds is 7. The summed E-state index contributed by atoms with van der Waals surface area (Å²) in [5.74, 6) is 1.48. The third-order valence-electron chi connectivity index (χ3n) is 7.02. The molecule has 166 valence electrons. The number of benzene rings is 2. The predicted molar refractivity (Wildman–Crippen MR) is 125 cm³/mol. The standard InChI is InChI=1S/C26H30N4O2/c1-32-24-10-6-5-9-22(24)23(31)13-16-26(20-7-3-2-4-8-20)14-11-21(12-15-26)30-18-17-28-25(30)29-19-27/h2-10,21H,11-18H2,1H3,(H,28,29). The molecule has 0 spiro atoms. The molecular formula is C26H30N4O2. The average molecular weight is 431 g/mol. The number of aliphatic imine (C=N–C) groups is 1. The quantitative estimate of drug-likeness (QED) is 0.403. The molecule has 32 heavy (non-hydrogen) atoms. The van der Waals surface area contributed by atoms with E-state index >= 15 is 0 Å². The van der Waals surface area contributed by atoms with Gasteiger partial charge in [0.25, 0.3) is 0 Å².